The molecule has 4 aromatic heterocycles. The molecule has 5 aromatic carbocycles. The molecule has 0 amide bonds. The maximum Gasteiger partial charge on any atom is 0.227 e. The number of fused-ring (bicyclic) bond motifs is 3. The second-order valence-corrected chi connectivity index (χ2v) is 20.8. The van der Waals surface area contributed by atoms with Crippen molar-refractivity contribution in [3.8, 4) is 67.4 Å². The molecule has 0 spiro atoms. The predicted molar refractivity (Wildman–Crippen MR) is 287 cm³/mol. The van der Waals surface area contributed by atoms with Gasteiger partial charge in [0.15, 0.2) is 0 Å². The summed E-state index contributed by atoms with van der Waals surface area (Å²) in [5.41, 5.74) is 7.46. The first-order valence-corrected chi connectivity index (χ1v) is 23.5. The van der Waals surface area contributed by atoms with Crippen LogP contribution in [0, 0.1) is 64.4 Å². The van der Waals surface area contributed by atoms with Gasteiger partial charge in [0, 0.05) is 57.8 Å². The number of furan rings is 1. The molecule has 10 rings (SSSR count). The van der Waals surface area contributed by atoms with E-state index in [0.29, 0.717) is 74.1 Å². The molecule has 5 heteroatoms. The van der Waals surface area contributed by atoms with Gasteiger partial charge in [0.2, 0.25) is 5.71 Å². The molecule has 4 heterocycles. The Balaban J connectivity index is 1.12. The topological polar surface area (TPSA) is 61.0 Å². The van der Waals surface area contributed by atoms with Crippen LogP contribution in [0.4, 0.5) is 0 Å². The van der Waals surface area contributed by atoms with E-state index in [0.717, 1.165) is 28.5 Å². The van der Waals surface area contributed by atoms with E-state index in [9.17, 15) is 1.37 Å². The van der Waals surface area contributed by atoms with Gasteiger partial charge in [-0.25, -0.2) is 4.98 Å². The predicted octanol–water partition coefficient (Wildman–Crippen LogP) is 18.0. The first-order valence-electron chi connectivity index (χ1n) is 30.0. The summed E-state index contributed by atoms with van der Waals surface area (Å²) in [7, 11) is 0. The van der Waals surface area contributed by atoms with Crippen molar-refractivity contribution < 1.29 is 27.0 Å². The van der Waals surface area contributed by atoms with Crippen LogP contribution < -0.4 is 4.74 Å². The molecule has 0 radical (unpaired) electrons. The molecule has 5 nitrogen and oxygen atoms in total. The van der Waals surface area contributed by atoms with Gasteiger partial charge < -0.3 is 9.15 Å². The van der Waals surface area contributed by atoms with Gasteiger partial charge in [0.1, 0.15) is 17.1 Å². The van der Waals surface area contributed by atoms with E-state index in [2.05, 4.69) is 52.6 Å². The van der Waals surface area contributed by atoms with E-state index in [1.165, 1.54) is 12.1 Å². The van der Waals surface area contributed by atoms with Crippen molar-refractivity contribution in [2.24, 2.45) is 16.2 Å². The Morgan fingerprint density at radius 3 is 2.04 bits per heavy atom. The molecule has 0 saturated heterocycles. The quantitative estimate of drug-likeness (QED) is 0.152. The Kier molecular flexibility index (Phi) is 8.08. The highest BCUT2D eigenvalue weighted by Gasteiger charge is 2.53. The summed E-state index contributed by atoms with van der Waals surface area (Å²) in [4.78, 5) is 14.0. The molecule has 69 heavy (non-hydrogen) atoms. The Labute approximate surface area is 427 Å². The van der Waals surface area contributed by atoms with Crippen LogP contribution >= 0.6 is 0 Å². The molecule has 0 N–H and O–H groups in total. The Morgan fingerprint density at radius 2 is 1.30 bits per heavy atom. The molecular weight excluding hydrogens is 843 g/mol. The van der Waals surface area contributed by atoms with Crippen molar-refractivity contribution in [1.29, 1.82) is 0 Å². The molecule has 0 atom stereocenters. The Hall–Kier alpha value is -6.85. The number of benzene rings is 5. The third-order valence-corrected chi connectivity index (χ3v) is 15.5. The third kappa shape index (κ3) is 8.14. The molecule has 1 aliphatic rings. The normalized spacial score (nSPS) is 19.5. The minimum absolute atomic E-state index is 0.00409. The number of pyridine rings is 3. The Morgan fingerprint density at radius 1 is 0.565 bits per heavy atom. The molecule has 1 fully saturated rings. The van der Waals surface area contributed by atoms with Crippen LogP contribution in [0.5, 0.6) is 11.5 Å². The van der Waals surface area contributed by atoms with Crippen LogP contribution in [-0.4, -0.2) is 15.0 Å². The van der Waals surface area contributed by atoms with Crippen LogP contribution in [-0.2, 0) is 0 Å². The average molecular weight is 921 g/mol. The molecule has 1 aliphatic carbocycles. The monoisotopic (exact) mass is 921 g/mol. The summed E-state index contributed by atoms with van der Waals surface area (Å²) >= 11 is 0. The van der Waals surface area contributed by atoms with E-state index in [1.54, 1.807) is 60.8 Å². The van der Waals surface area contributed by atoms with Gasteiger partial charge in [-0.2, -0.15) is 0 Å². The lowest BCUT2D eigenvalue weighted by atomic mass is 9.46. The van der Waals surface area contributed by atoms with Gasteiger partial charge in [-0.15, -0.1) is 0 Å². The molecule has 0 aliphatic heterocycles. The lowest BCUT2D eigenvalue weighted by Crippen LogP contribution is -2.49. The zero-order valence-corrected chi connectivity index (χ0v) is 40.7. The van der Waals surface area contributed by atoms with Crippen molar-refractivity contribution in [2.75, 3.05) is 0 Å². The summed E-state index contributed by atoms with van der Waals surface area (Å²) in [6.45, 7) is 8.47. The number of hydrogen-bond donors (Lipinski definition) is 0. The van der Waals surface area contributed by atoms with Crippen molar-refractivity contribution in [3.63, 3.8) is 0 Å². The SMILES string of the molecule is [2H]C([2H])([2H])c1cc(-c2ccc(C3([2H])CC(C)(C)C(C)(C)C(C)(C)C3)cc2C)ccc1-c1cc(-c2cc(Oc3cc(-c4cc(C([2H])([2H])[2H])c(C([2H])([2H])[2H])cn4)cc(-c4ccccc4)c3C([2H])([2H])[2H])cc3c2oc2nc(C)ccc23)ncc1C. The maximum atomic E-state index is 9.90. The highest BCUT2D eigenvalue weighted by molar-refractivity contribution is 6.09. The number of rotatable bonds is 8. The van der Waals surface area contributed by atoms with Crippen LogP contribution in [0.15, 0.2) is 132 Å². The van der Waals surface area contributed by atoms with E-state index < -0.39 is 44.4 Å². The number of ether oxygens (including phenoxy) is 1. The van der Waals surface area contributed by atoms with Gasteiger partial charge >= 0.3 is 0 Å². The fourth-order valence-corrected chi connectivity index (χ4v) is 10.3. The van der Waals surface area contributed by atoms with Gasteiger partial charge in [0.25, 0.3) is 0 Å². The summed E-state index contributed by atoms with van der Waals surface area (Å²) in [6, 6.07) is 33.6. The van der Waals surface area contributed by atoms with Crippen LogP contribution in [0.3, 0.4) is 0 Å². The van der Waals surface area contributed by atoms with Gasteiger partial charge in [0.05, 0.1) is 11.4 Å². The zero-order valence-electron chi connectivity index (χ0n) is 53.7. The van der Waals surface area contributed by atoms with E-state index in [1.807, 2.05) is 63.2 Å². The fourth-order valence-electron chi connectivity index (χ4n) is 10.3. The smallest absolute Gasteiger partial charge is 0.227 e. The van der Waals surface area contributed by atoms with E-state index in [-0.39, 0.29) is 55.7 Å². The lowest BCUT2D eigenvalue weighted by molar-refractivity contribution is -0.0744. The van der Waals surface area contributed by atoms with Crippen molar-refractivity contribution in [1.82, 2.24) is 15.0 Å². The number of hydrogen-bond acceptors (Lipinski definition) is 5. The van der Waals surface area contributed by atoms with Crippen molar-refractivity contribution in [3.05, 3.63) is 172 Å². The minimum Gasteiger partial charge on any atom is -0.457 e. The van der Waals surface area contributed by atoms with Crippen LogP contribution in [0.2, 0.25) is 0 Å². The molecule has 0 bridgehead atoms. The third-order valence-electron chi connectivity index (χ3n) is 15.5. The lowest BCUT2D eigenvalue weighted by Gasteiger charge is -2.59. The molecule has 348 valence electrons. The molecular formula is C64H65N3O2. The van der Waals surface area contributed by atoms with Gasteiger partial charge in [-0.05, 0) is 204 Å². The number of nitrogens with zero attached hydrogens (tertiary/aromatic N) is 3. The van der Waals surface area contributed by atoms with Crippen molar-refractivity contribution in [2.45, 2.75) is 108 Å². The largest absolute Gasteiger partial charge is 0.457 e. The number of aromatic nitrogens is 3. The first kappa shape index (κ1) is 32.8. The summed E-state index contributed by atoms with van der Waals surface area (Å²) in [6.07, 6.45) is 4.10. The maximum absolute atomic E-state index is 9.90. The van der Waals surface area contributed by atoms with E-state index >= 15 is 0 Å². The summed E-state index contributed by atoms with van der Waals surface area (Å²) in [5, 5.41) is 1.19. The number of aryl methyl sites for hydroxylation is 6. The minimum atomic E-state index is -2.84. The van der Waals surface area contributed by atoms with E-state index in [4.69, 9.17) is 35.6 Å². The zero-order chi connectivity index (χ0) is 59.7. The Bertz CT molecular complexity index is 3980. The molecule has 0 unspecified atom stereocenters. The highest BCUT2D eigenvalue weighted by atomic mass is 16.5. The van der Waals surface area contributed by atoms with Gasteiger partial charge in [-0.3, -0.25) is 9.97 Å². The van der Waals surface area contributed by atoms with Crippen LogP contribution in [0.25, 0.3) is 78.0 Å². The summed E-state index contributed by atoms with van der Waals surface area (Å²) < 4.78 is 126. The van der Waals surface area contributed by atoms with Crippen LogP contribution in [0.1, 0.15) is 123 Å². The summed E-state index contributed by atoms with van der Waals surface area (Å²) in [5.74, 6) is -0.764. The average Bonchev–Trinajstić information content (AvgIpc) is 3.78. The standard InChI is InChI=1S/C64H65N3O2/c1-37-27-57(65-35-40(37)4)47-28-54(44-17-15-14-16-18-44)43(7)59(29-47)68-49-30-55-52-22-19-42(6)67-61(52)69-60(55)56(31-49)58-32-53(41(5)36-66-58)51-24-21-46(26-39(51)3)50-23-20-45(25-38(50)2)48-33-62(8,9)64(12,13)63(10,11)34-48/h14-32,35-36,48H,33-34H2,1-13H3/i1D3,3D3,4D3,7D3,48D. The second-order valence-electron chi connectivity index (χ2n) is 20.8. The fraction of sp³-hybridized carbons (Fsp3) is 0.297. The van der Waals surface area contributed by atoms with Gasteiger partial charge in [-0.1, -0.05) is 108 Å². The molecule has 9 aromatic rings. The second kappa shape index (κ2) is 17.0. The highest BCUT2D eigenvalue weighted by Crippen LogP contribution is 2.63. The molecule has 1 saturated carbocycles. The van der Waals surface area contributed by atoms with Crippen molar-refractivity contribution >= 4 is 22.1 Å². The first-order chi connectivity index (χ1) is 38.0.